The predicted molar refractivity (Wildman–Crippen MR) is 131 cm³/mol. The Labute approximate surface area is 203 Å². The highest BCUT2D eigenvalue weighted by Gasteiger charge is 2.30. The highest BCUT2D eigenvalue weighted by molar-refractivity contribution is 6.00. The zero-order valence-corrected chi connectivity index (χ0v) is 18.7. The maximum Gasteiger partial charge on any atom is 0.416 e. The number of ether oxygens (including phenoxy) is 1. The molecular formula is C28H19F3N2O3. The second-order valence-corrected chi connectivity index (χ2v) is 8.20. The molecule has 0 saturated heterocycles. The molecule has 0 aliphatic rings. The number of carbonyl (C=O) groups excluding carboxylic acids is 1. The van der Waals surface area contributed by atoms with Gasteiger partial charge >= 0.3 is 6.18 Å². The number of pyridine rings is 1. The number of fused-ring (bicyclic) bond motifs is 2. The van der Waals surface area contributed by atoms with Crippen LogP contribution in [-0.2, 0) is 12.7 Å². The van der Waals surface area contributed by atoms with Gasteiger partial charge in [-0.2, -0.15) is 13.2 Å². The number of amides is 1. The van der Waals surface area contributed by atoms with Gasteiger partial charge in [-0.15, -0.1) is 0 Å². The molecule has 0 radical (unpaired) electrons. The fourth-order valence-electron chi connectivity index (χ4n) is 3.99. The number of aromatic amines is 1. The van der Waals surface area contributed by atoms with E-state index in [2.05, 4.69) is 10.3 Å². The van der Waals surface area contributed by atoms with Crippen LogP contribution in [0.4, 0.5) is 13.2 Å². The SMILES string of the molecule is O=C(NCc1cccc2ccc(=O)[nH]c12)c1ccc2c(Oc3ccc(C(F)(F)F)cc3)cccc2c1. The Hall–Kier alpha value is -4.59. The van der Waals surface area contributed by atoms with Crippen molar-refractivity contribution in [2.24, 2.45) is 0 Å². The molecule has 1 aromatic heterocycles. The first-order valence-corrected chi connectivity index (χ1v) is 11.0. The van der Waals surface area contributed by atoms with Crippen LogP contribution in [0.1, 0.15) is 21.5 Å². The summed E-state index contributed by atoms with van der Waals surface area (Å²) >= 11 is 0. The van der Waals surface area contributed by atoms with Gasteiger partial charge in [-0.3, -0.25) is 9.59 Å². The number of halogens is 3. The van der Waals surface area contributed by atoms with E-state index in [1.165, 1.54) is 18.2 Å². The number of hydrogen-bond donors (Lipinski definition) is 2. The smallest absolute Gasteiger partial charge is 0.416 e. The average molecular weight is 488 g/mol. The summed E-state index contributed by atoms with van der Waals surface area (Å²) in [6, 6.07) is 23.6. The van der Waals surface area contributed by atoms with Crippen molar-refractivity contribution in [1.29, 1.82) is 0 Å². The Balaban J connectivity index is 1.34. The topological polar surface area (TPSA) is 71.2 Å². The van der Waals surface area contributed by atoms with Gasteiger partial charge in [-0.05, 0) is 70.9 Å². The first-order chi connectivity index (χ1) is 17.3. The van der Waals surface area contributed by atoms with Gasteiger partial charge in [-0.1, -0.05) is 30.3 Å². The lowest BCUT2D eigenvalue weighted by molar-refractivity contribution is -0.137. The lowest BCUT2D eigenvalue weighted by Gasteiger charge is -2.12. The molecule has 4 aromatic carbocycles. The number of hydrogen-bond acceptors (Lipinski definition) is 3. The van der Waals surface area contributed by atoms with Gasteiger partial charge in [0.15, 0.2) is 0 Å². The van der Waals surface area contributed by atoms with Crippen molar-refractivity contribution in [3.8, 4) is 11.5 Å². The second kappa shape index (κ2) is 9.22. The van der Waals surface area contributed by atoms with E-state index in [4.69, 9.17) is 4.74 Å². The van der Waals surface area contributed by atoms with Crippen molar-refractivity contribution in [2.45, 2.75) is 12.7 Å². The predicted octanol–water partition coefficient (Wildman–Crippen LogP) is 6.42. The lowest BCUT2D eigenvalue weighted by atomic mass is 10.1. The molecule has 0 fully saturated rings. The third kappa shape index (κ3) is 4.79. The summed E-state index contributed by atoms with van der Waals surface area (Å²) in [5.41, 5.74) is 0.923. The van der Waals surface area contributed by atoms with E-state index < -0.39 is 11.7 Å². The molecule has 0 aliphatic carbocycles. The summed E-state index contributed by atoms with van der Waals surface area (Å²) in [6.45, 7) is 0.227. The molecular weight excluding hydrogens is 469 g/mol. The van der Waals surface area contributed by atoms with E-state index in [9.17, 15) is 22.8 Å². The molecule has 0 spiro atoms. The van der Waals surface area contributed by atoms with Crippen molar-refractivity contribution in [2.75, 3.05) is 0 Å². The van der Waals surface area contributed by atoms with Crippen LogP contribution >= 0.6 is 0 Å². The van der Waals surface area contributed by atoms with Crippen LogP contribution in [0.2, 0.25) is 0 Å². The molecule has 0 bridgehead atoms. The minimum Gasteiger partial charge on any atom is -0.457 e. The molecule has 0 atom stereocenters. The number of aromatic nitrogens is 1. The zero-order valence-electron chi connectivity index (χ0n) is 18.7. The van der Waals surface area contributed by atoms with Gasteiger partial charge in [0, 0.05) is 23.6 Å². The van der Waals surface area contributed by atoms with E-state index in [0.29, 0.717) is 22.2 Å². The highest BCUT2D eigenvalue weighted by atomic mass is 19.4. The third-order valence-electron chi connectivity index (χ3n) is 5.80. The number of carbonyl (C=O) groups is 1. The first-order valence-electron chi connectivity index (χ1n) is 11.0. The Morgan fingerprint density at radius 3 is 2.39 bits per heavy atom. The van der Waals surface area contributed by atoms with Crippen molar-refractivity contribution >= 4 is 27.6 Å². The van der Waals surface area contributed by atoms with Gasteiger partial charge < -0.3 is 15.0 Å². The number of rotatable bonds is 5. The number of para-hydroxylation sites is 1. The minimum atomic E-state index is -4.42. The van der Waals surface area contributed by atoms with E-state index in [0.717, 1.165) is 28.5 Å². The third-order valence-corrected chi connectivity index (χ3v) is 5.80. The first kappa shape index (κ1) is 23.2. The van der Waals surface area contributed by atoms with Crippen LogP contribution in [-0.4, -0.2) is 10.9 Å². The van der Waals surface area contributed by atoms with E-state index in [1.54, 1.807) is 36.4 Å². The lowest BCUT2D eigenvalue weighted by Crippen LogP contribution is -2.23. The summed E-state index contributed by atoms with van der Waals surface area (Å²) in [4.78, 5) is 27.4. The molecule has 1 heterocycles. The summed E-state index contributed by atoms with van der Waals surface area (Å²) in [7, 11) is 0. The summed E-state index contributed by atoms with van der Waals surface area (Å²) in [5, 5.41) is 5.19. The highest BCUT2D eigenvalue weighted by Crippen LogP contribution is 2.33. The second-order valence-electron chi connectivity index (χ2n) is 8.20. The van der Waals surface area contributed by atoms with Crippen molar-refractivity contribution < 1.29 is 22.7 Å². The van der Waals surface area contributed by atoms with Gasteiger partial charge in [0.1, 0.15) is 11.5 Å². The maximum atomic E-state index is 12.8. The minimum absolute atomic E-state index is 0.217. The zero-order chi connectivity index (χ0) is 25.3. The van der Waals surface area contributed by atoms with Crippen molar-refractivity contribution in [3.05, 3.63) is 118 Å². The summed E-state index contributed by atoms with van der Waals surface area (Å²) in [6.07, 6.45) is -4.42. The molecule has 0 unspecified atom stereocenters. The normalized spacial score (nSPS) is 11.5. The van der Waals surface area contributed by atoms with Crippen LogP contribution in [0.3, 0.4) is 0 Å². The maximum absolute atomic E-state index is 12.8. The molecule has 1 amide bonds. The number of nitrogens with one attached hydrogen (secondary N) is 2. The molecule has 5 aromatic rings. The fraction of sp³-hybridized carbons (Fsp3) is 0.0714. The van der Waals surface area contributed by atoms with Crippen LogP contribution in [0.25, 0.3) is 21.7 Å². The monoisotopic (exact) mass is 488 g/mol. The Morgan fingerprint density at radius 1 is 0.861 bits per heavy atom. The molecule has 36 heavy (non-hydrogen) atoms. The largest absolute Gasteiger partial charge is 0.457 e. The Kier molecular flexibility index (Phi) is 5.93. The van der Waals surface area contributed by atoms with Crippen LogP contribution in [0.5, 0.6) is 11.5 Å². The van der Waals surface area contributed by atoms with Crippen LogP contribution < -0.4 is 15.6 Å². The molecule has 5 nitrogen and oxygen atoms in total. The van der Waals surface area contributed by atoms with Gasteiger partial charge in [0.05, 0.1) is 11.1 Å². The van der Waals surface area contributed by atoms with Crippen LogP contribution in [0, 0.1) is 0 Å². The van der Waals surface area contributed by atoms with Crippen molar-refractivity contribution in [1.82, 2.24) is 10.3 Å². The Bertz CT molecular complexity index is 1640. The molecule has 0 aliphatic heterocycles. The van der Waals surface area contributed by atoms with E-state index in [1.807, 2.05) is 24.3 Å². The quantitative estimate of drug-likeness (QED) is 0.300. The number of alkyl halides is 3. The van der Waals surface area contributed by atoms with E-state index >= 15 is 0 Å². The molecule has 8 heteroatoms. The summed E-state index contributed by atoms with van der Waals surface area (Å²) < 4.78 is 44.2. The van der Waals surface area contributed by atoms with Crippen LogP contribution in [0.15, 0.2) is 95.8 Å². The molecule has 2 N–H and O–H groups in total. The van der Waals surface area contributed by atoms with Crippen molar-refractivity contribution in [3.63, 3.8) is 0 Å². The number of H-pyrrole nitrogens is 1. The Morgan fingerprint density at radius 2 is 1.61 bits per heavy atom. The van der Waals surface area contributed by atoms with E-state index in [-0.39, 0.29) is 23.8 Å². The molecule has 180 valence electrons. The van der Waals surface area contributed by atoms with Gasteiger partial charge in [0.2, 0.25) is 5.56 Å². The summed E-state index contributed by atoms with van der Waals surface area (Å²) in [5.74, 6) is 0.436. The average Bonchev–Trinajstić information content (AvgIpc) is 2.87. The standard InChI is InChI=1S/C28H19F3N2O3/c29-28(30,31)21-9-11-22(12-10-21)36-24-6-2-4-18-15-19(7-13-23(18)24)27(35)32-16-20-5-1-3-17-8-14-25(34)33-26(17)20/h1-15H,16H2,(H,32,35)(H,33,34). The van der Waals surface area contributed by atoms with Gasteiger partial charge in [0.25, 0.3) is 5.91 Å². The fourth-order valence-corrected chi connectivity index (χ4v) is 3.99. The molecule has 5 rings (SSSR count). The van der Waals surface area contributed by atoms with Gasteiger partial charge in [-0.25, -0.2) is 0 Å². The number of benzene rings is 4. The molecule has 0 saturated carbocycles.